The Morgan fingerprint density at radius 2 is 1.69 bits per heavy atom. The zero-order chi connectivity index (χ0) is 25.5. The van der Waals surface area contributed by atoms with Gasteiger partial charge in [0.2, 0.25) is 0 Å². The van der Waals surface area contributed by atoms with Crippen LogP contribution in [-0.2, 0) is 22.7 Å². The number of carbonyl (C=O) groups excluding carboxylic acids is 1. The highest BCUT2D eigenvalue weighted by Crippen LogP contribution is 2.26. The Kier molecular flexibility index (Phi) is 8.12. The number of carboxylic acids is 1. The first kappa shape index (κ1) is 25.1. The molecule has 7 nitrogen and oxygen atoms in total. The number of rotatable bonds is 8. The summed E-state index contributed by atoms with van der Waals surface area (Å²) in [5.74, 6) is -1.78. The van der Waals surface area contributed by atoms with Gasteiger partial charge in [-0.15, -0.1) is 0 Å². The highest BCUT2D eigenvalue weighted by atomic mass is 19.1. The first-order valence-corrected chi connectivity index (χ1v) is 11.5. The molecular formula is C27H26F2N2O5. The lowest BCUT2D eigenvalue weighted by Gasteiger charge is -2.32. The number of aliphatic carboxylic acids is 1. The molecule has 36 heavy (non-hydrogen) atoms. The summed E-state index contributed by atoms with van der Waals surface area (Å²) in [5, 5.41) is 9.30. The highest BCUT2D eigenvalue weighted by Gasteiger charge is 2.24. The molecule has 1 heterocycles. The molecule has 1 aliphatic heterocycles. The maximum Gasteiger partial charge on any atom is 0.323 e. The van der Waals surface area contributed by atoms with Crippen LogP contribution >= 0.6 is 0 Å². The van der Waals surface area contributed by atoms with Crippen LogP contribution in [-0.4, -0.2) is 59.8 Å². The largest absolute Gasteiger partial charge is 0.489 e. The molecule has 0 aliphatic carbocycles. The van der Waals surface area contributed by atoms with Crippen molar-refractivity contribution in [3.05, 3.63) is 89.5 Å². The van der Waals surface area contributed by atoms with Gasteiger partial charge in [-0.1, -0.05) is 36.4 Å². The van der Waals surface area contributed by atoms with Gasteiger partial charge in [-0.05, 0) is 41.0 Å². The third-order valence-electron chi connectivity index (χ3n) is 5.75. The van der Waals surface area contributed by atoms with Gasteiger partial charge in [-0.2, -0.15) is 0 Å². The summed E-state index contributed by atoms with van der Waals surface area (Å²) >= 11 is 0. The van der Waals surface area contributed by atoms with E-state index in [4.69, 9.17) is 9.47 Å². The Balaban J connectivity index is 1.39. The van der Waals surface area contributed by atoms with Crippen LogP contribution in [0, 0.1) is 11.6 Å². The summed E-state index contributed by atoms with van der Waals surface area (Å²) in [5.41, 5.74) is 2.52. The molecule has 3 aromatic carbocycles. The molecule has 0 saturated carbocycles. The molecule has 2 amide bonds. The van der Waals surface area contributed by atoms with Gasteiger partial charge in [0.25, 0.3) is 0 Å². The van der Waals surface area contributed by atoms with Crippen LogP contribution in [0.2, 0.25) is 0 Å². The average molecular weight is 497 g/mol. The van der Waals surface area contributed by atoms with Gasteiger partial charge in [-0.3, -0.25) is 4.79 Å². The Bertz CT molecular complexity index is 1210. The zero-order valence-electron chi connectivity index (χ0n) is 19.5. The summed E-state index contributed by atoms with van der Waals surface area (Å²) in [7, 11) is 0. The van der Waals surface area contributed by atoms with E-state index in [2.05, 4.69) is 0 Å². The van der Waals surface area contributed by atoms with Crippen LogP contribution in [0.4, 0.5) is 13.6 Å². The molecule has 0 aromatic heterocycles. The number of hydrogen-bond acceptors (Lipinski definition) is 4. The lowest BCUT2D eigenvalue weighted by molar-refractivity contribution is -0.137. The first-order chi connectivity index (χ1) is 17.4. The lowest BCUT2D eigenvalue weighted by atomic mass is 10.1. The molecule has 1 N–H and O–H groups in total. The van der Waals surface area contributed by atoms with E-state index in [-0.39, 0.29) is 19.2 Å². The molecule has 1 aliphatic rings. The normalized spacial score (nSPS) is 13.3. The molecule has 0 unspecified atom stereocenters. The van der Waals surface area contributed by atoms with Crippen LogP contribution in [0.3, 0.4) is 0 Å². The molecule has 0 radical (unpaired) electrons. The SMILES string of the molecule is O=C(O)CN(Cc1cccc(COc2ccc(-c3ccc(F)cc3F)cc2)c1)C(=O)N1CCOCC1. The molecule has 1 fully saturated rings. The fraction of sp³-hybridized carbons (Fsp3) is 0.259. The topological polar surface area (TPSA) is 79.3 Å². The fourth-order valence-electron chi connectivity index (χ4n) is 3.97. The van der Waals surface area contributed by atoms with Gasteiger partial charge in [0.15, 0.2) is 0 Å². The molecular weight excluding hydrogens is 470 g/mol. The first-order valence-electron chi connectivity index (χ1n) is 11.5. The predicted molar refractivity (Wildman–Crippen MR) is 128 cm³/mol. The number of nitrogens with zero attached hydrogens (tertiary/aromatic N) is 2. The zero-order valence-corrected chi connectivity index (χ0v) is 19.5. The van der Waals surface area contributed by atoms with Crippen LogP contribution < -0.4 is 4.74 Å². The quantitative estimate of drug-likeness (QED) is 0.495. The number of hydrogen-bond donors (Lipinski definition) is 1. The second kappa shape index (κ2) is 11.6. The van der Waals surface area contributed by atoms with E-state index < -0.39 is 24.1 Å². The maximum absolute atomic E-state index is 14.0. The van der Waals surface area contributed by atoms with Crippen molar-refractivity contribution < 1.29 is 33.0 Å². The monoisotopic (exact) mass is 496 g/mol. The summed E-state index contributed by atoms with van der Waals surface area (Å²) in [6.45, 7) is 1.70. The number of carbonyl (C=O) groups is 2. The van der Waals surface area contributed by atoms with Gasteiger partial charge < -0.3 is 24.4 Å². The van der Waals surface area contributed by atoms with Crippen LogP contribution in [0.5, 0.6) is 5.75 Å². The Morgan fingerprint density at radius 1 is 0.972 bits per heavy atom. The average Bonchev–Trinajstić information content (AvgIpc) is 2.88. The van der Waals surface area contributed by atoms with Gasteiger partial charge >= 0.3 is 12.0 Å². The molecule has 188 valence electrons. The smallest absolute Gasteiger partial charge is 0.323 e. The highest BCUT2D eigenvalue weighted by molar-refractivity contribution is 5.80. The van der Waals surface area contributed by atoms with Crippen molar-refractivity contribution in [1.82, 2.24) is 9.80 Å². The third kappa shape index (κ3) is 6.57. The second-order valence-corrected chi connectivity index (χ2v) is 8.39. The number of halogens is 2. The third-order valence-corrected chi connectivity index (χ3v) is 5.75. The van der Waals surface area contributed by atoms with Gasteiger partial charge in [-0.25, -0.2) is 13.6 Å². The molecule has 3 aromatic rings. The Morgan fingerprint density at radius 3 is 2.39 bits per heavy atom. The van der Waals surface area contributed by atoms with E-state index in [1.54, 1.807) is 29.2 Å². The summed E-state index contributed by atoms with van der Waals surface area (Å²) in [6, 6.07) is 17.3. The standard InChI is InChI=1S/C27H26F2N2O5/c28-22-6-9-24(25(29)15-22)21-4-7-23(8-5-21)36-18-20-3-1-2-19(14-20)16-31(17-26(32)33)27(34)30-10-12-35-13-11-30/h1-9,14-15H,10-13,16-18H2,(H,32,33). The second-order valence-electron chi connectivity index (χ2n) is 8.39. The summed E-state index contributed by atoms with van der Waals surface area (Å²) in [4.78, 5) is 27.1. The minimum Gasteiger partial charge on any atom is -0.489 e. The molecule has 9 heteroatoms. The minimum atomic E-state index is -1.08. The molecule has 1 saturated heterocycles. The number of carboxylic acid groups (broad SMARTS) is 1. The predicted octanol–water partition coefficient (Wildman–Crippen LogP) is 4.55. The number of urea groups is 1. The molecule has 0 bridgehead atoms. The van der Waals surface area contributed by atoms with Crippen molar-refractivity contribution in [2.24, 2.45) is 0 Å². The summed E-state index contributed by atoms with van der Waals surface area (Å²) < 4.78 is 38.3. The summed E-state index contributed by atoms with van der Waals surface area (Å²) in [6.07, 6.45) is 0. The van der Waals surface area contributed by atoms with Crippen molar-refractivity contribution >= 4 is 12.0 Å². The van der Waals surface area contributed by atoms with E-state index in [0.29, 0.717) is 43.2 Å². The number of amides is 2. The number of morpholine rings is 1. The molecule has 4 rings (SSSR count). The van der Waals surface area contributed by atoms with E-state index in [0.717, 1.165) is 17.2 Å². The fourth-order valence-corrected chi connectivity index (χ4v) is 3.97. The van der Waals surface area contributed by atoms with E-state index >= 15 is 0 Å². The number of benzene rings is 3. The Hall–Kier alpha value is -3.98. The van der Waals surface area contributed by atoms with E-state index in [9.17, 15) is 23.5 Å². The minimum absolute atomic E-state index is 0.147. The van der Waals surface area contributed by atoms with Gasteiger partial charge in [0, 0.05) is 31.3 Å². The maximum atomic E-state index is 14.0. The number of ether oxygens (including phenoxy) is 2. The Labute approximate surface area is 207 Å². The van der Waals surface area contributed by atoms with Crippen LogP contribution in [0.1, 0.15) is 11.1 Å². The van der Waals surface area contributed by atoms with Gasteiger partial charge in [0.1, 0.15) is 30.5 Å². The van der Waals surface area contributed by atoms with Crippen molar-refractivity contribution in [3.8, 4) is 16.9 Å². The van der Waals surface area contributed by atoms with Crippen LogP contribution in [0.15, 0.2) is 66.7 Å². The lowest BCUT2D eigenvalue weighted by Crippen LogP contribution is -2.49. The van der Waals surface area contributed by atoms with Gasteiger partial charge in [0.05, 0.1) is 13.2 Å². The van der Waals surface area contributed by atoms with Crippen LogP contribution in [0.25, 0.3) is 11.1 Å². The van der Waals surface area contributed by atoms with Crippen molar-refractivity contribution in [1.29, 1.82) is 0 Å². The van der Waals surface area contributed by atoms with Crippen molar-refractivity contribution in [2.75, 3.05) is 32.8 Å². The molecule has 0 atom stereocenters. The van der Waals surface area contributed by atoms with Crippen molar-refractivity contribution in [2.45, 2.75) is 13.2 Å². The van der Waals surface area contributed by atoms with E-state index in [1.165, 1.54) is 17.0 Å². The van der Waals surface area contributed by atoms with E-state index in [1.807, 2.05) is 24.3 Å². The van der Waals surface area contributed by atoms with Crippen molar-refractivity contribution in [3.63, 3.8) is 0 Å². The molecule has 0 spiro atoms.